The average Bonchev–Trinajstić information content (AvgIpc) is 2.86. The van der Waals surface area contributed by atoms with E-state index in [4.69, 9.17) is 16.3 Å². The number of hydrogen-bond acceptors (Lipinski definition) is 4. The maximum absolute atomic E-state index is 12.8. The van der Waals surface area contributed by atoms with Crippen molar-refractivity contribution in [3.05, 3.63) is 124 Å². The number of hydrogen-bond donors (Lipinski definition) is 1. The zero-order chi connectivity index (χ0) is 24.1. The molecule has 4 rings (SSSR count). The lowest BCUT2D eigenvalue weighted by molar-refractivity contribution is 0.0817. The fourth-order valence-electron chi connectivity index (χ4n) is 3.24. The van der Waals surface area contributed by atoms with Crippen molar-refractivity contribution in [1.82, 2.24) is 0 Å². The molecule has 0 radical (unpaired) electrons. The molecule has 0 saturated carbocycles. The number of ether oxygens (including phenoxy) is 1. The number of benzene rings is 4. The van der Waals surface area contributed by atoms with E-state index >= 15 is 0 Å². The van der Waals surface area contributed by atoms with Crippen molar-refractivity contribution in [1.29, 1.82) is 0 Å². The summed E-state index contributed by atoms with van der Waals surface area (Å²) in [5, 5.41) is 3.23. The third kappa shape index (κ3) is 5.39. The SMILES string of the molecule is Cc1ccc(Oc2ccc(Cl)cc2NC(=O)c2ccc(C(=O)C(=O)c3ccccc3)cc2)cc1. The molecule has 0 spiro atoms. The Hall–Kier alpha value is -4.22. The Morgan fingerprint density at radius 2 is 1.29 bits per heavy atom. The Morgan fingerprint density at radius 3 is 1.94 bits per heavy atom. The van der Waals surface area contributed by atoms with Gasteiger partial charge in [0.05, 0.1) is 5.69 Å². The van der Waals surface area contributed by atoms with Crippen LogP contribution in [-0.4, -0.2) is 17.5 Å². The summed E-state index contributed by atoms with van der Waals surface area (Å²) in [5.41, 5.74) is 2.33. The largest absolute Gasteiger partial charge is 0.455 e. The Kier molecular flexibility index (Phi) is 6.85. The number of carbonyl (C=O) groups is 3. The average molecular weight is 470 g/mol. The van der Waals surface area contributed by atoms with E-state index in [2.05, 4.69) is 5.32 Å². The van der Waals surface area contributed by atoms with Crippen molar-refractivity contribution in [3.8, 4) is 11.5 Å². The first-order valence-electron chi connectivity index (χ1n) is 10.5. The fraction of sp³-hybridized carbons (Fsp3) is 0.0357. The third-order valence-corrected chi connectivity index (χ3v) is 5.33. The Labute approximate surface area is 202 Å². The number of nitrogens with one attached hydrogen (secondary N) is 1. The molecule has 1 N–H and O–H groups in total. The molecular weight excluding hydrogens is 450 g/mol. The third-order valence-electron chi connectivity index (χ3n) is 5.09. The summed E-state index contributed by atoms with van der Waals surface area (Å²) < 4.78 is 5.92. The van der Waals surface area contributed by atoms with E-state index in [1.54, 1.807) is 48.5 Å². The van der Waals surface area contributed by atoms with E-state index in [9.17, 15) is 14.4 Å². The van der Waals surface area contributed by atoms with Crippen LogP contribution in [0.4, 0.5) is 5.69 Å². The lowest BCUT2D eigenvalue weighted by atomic mass is 10.0. The monoisotopic (exact) mass is 469 g/mol. The molecule has 34 heavy (non-hydrogen) atoms. The highest BCUT2D eigenvalue weighted by Gasteiger charge is 2.19. The lowest BCUT2D eigenvalue weighted by Crippen LogP contribution is -2.16. The van der Waals surface area contributed by atoms with Crippen LogP contribution in [0.15, 0.2) is 97.1 Å². The Bertz CT molecular complexity index is 1350. The van der Waals surface area contributed by atoms with Crippen LogP contribution in [0.2, 0.25) is 5.02 Å². The summed E-state index contributed by atoms with van der Waals surface area (Å²) in [6.45, 7) is 1.98. The summed E-state index contributed by atoms with van der Waals surface area (Å²) >= 11 is 6.13. The molecule has 0 bridgehead atoms. The van der Waals surface area contributed by atoms with Crippen LogP contribution >= 0.6 is 11.6 Å². The number of Topliss-reactive ketones (excluding diaryl/α,β-unsaturated/α-hetero) is 2. The van der Waals surface area contributed by atoms with E-state index < -0.39 is 17.5 Å². The van der Waals surface area contributed by atoms with Crippen LogP contribution in [0.5, 0.6) is 11.5 Å². The van der Waals surface area contributed by atoms with Gasteiger partial charge in [-0.1, -0.05) is 71.8 Å². The molecule has 0 aliphatic heterocycles. The predicted octanol–water partition coefficient (Wildman–Crippen LogP) is 6.76. The quantitative estimate of drug-likeness (QED) is 0.240. The van der Waals surface area contributed by atoms with Gasteiger partial charge in [-0.2, -0.15) is 0 Å². The molecule has 1 amide bonds. The van der Waals surface area contributed by atoms with Gasteiger partial charge in [0.1, 0.15) is 5.75 Å². The van der Waals surface area contributed by atoms with Gasteiger partial charge >= 0.3 is 0 Å². The summed E-state index contributed by atoms with van der Waals surface area (Å²) in [6, 6.07) is 26.7. The van der Waals surface area contributed by atoms with E-state index in [1.165, 1.54) is 24.3 Å². The summed E-state index contributed by atoms with van der Waals surface area (Å²) in [4.78, 5) is 37.8. The van der Waals surface area contributed by atoms with Crippen molar-refractivity contribution < 1.29 is 19.1 Å². The number of rotatable bonds is 7. The van der Waals surface area contributed by atoms with Crippen molar-refractivity contribution in [2.24, 2.45) is 0 Å². The van der Waals surface area contributed by atoms with Gasteiger partial charge in [0.25, 0.3) is 5.91 Å². The van der Waals surface area contributed by atoms with Gasteiger partial charge in [0.15, 0.2) is 5.75 Å². The van der Waals surface area contributed by atoms with Gasteiger partial charge in [0.2, 0.25) is 11.6 Å². The van der Waals surface area contributed by atoms with Crippen molar-refractivity contribution in [2.45, 2.75) is 6.92 Å². The topological polar surface area (TPSA) is 72.5 Å². The van der Waals surface area contributed by atoms with Crippen LogP contribution in [-0.2, 0) is 0 Å². The first-order chi connectivity index (χ1) is 16.4. The molecule has 0 atom stereocenters. The van der Waals surface area contributed by atoms with Crippen molar-refractivity contribution in [3.63, 3.8) is 0 Å². The van der Waals surface area contributed by atoms with Gasteiger partial charge in [0, 0.05) is 21.7 Å². The van der Waals surface area contributed by atoms with E-state index in [0.717, 1.165) is 5.56 Å². The van der Waals surface area contributed by atoms with Crippen LogP contribution < -0.4 is 10.1 Å². The molecule has 6 heteroatoms. The highest BCUT2D eigenvalue weighted by Crippen LogP contribution is 2.32. The number of anilines is 1. The molecule has 5 nitrogen and oxygen atoms in total. The molecule has 4 aromatic rings. The normalized spacial score (nSPS) is 10.4. The second-order valence-corrected chi connectivity index (χ2v) is 8.05. The molecular formula is C28H20ClNO4. The molecule has 0 fully saturated rings. The first kappa shape index (κ1) is 23.0. The minimum atomic E-state index is -0.637. The van der Waals surface area contributed by atoms with Gasteiger partial charge in [-0.15, -0.1) is 0 Å². The molecule has 0 heterocycles. The van der Waals surface area contributed by atoms with E-state index in [0.29, 0.717) is 33.3 Å². The highest BCUT2D eigenvalue weighted by molar-refractivity contribution is 6.49. The molecule has 0 aliphatic rings. The van der Waals surface area contributed by atoms with Crippen LogP contribution in [0.25, 0.3) is 0 Å². The second-order valence-electron chi connectivity index (χ2n) is 7.61. The Balaban J connectivity index is 1.50. The Morgan fingerprint density at radius 1 is 0.706 bits per heavy atom. The summed E-state index contributed by atoms with van der Waals surface area (Å²) in [6.07, 6.45) is 0. The number of carbonyl (C=O) groups excluding carboxylic acids is 3. The first-order valence-corrected chi connectivity index (χ1v) is 10.9. The minimum Gasteiger partial charge on any atom is -0.455 e. The van der Waals surface area contributed by atoms with Gasteiger partial charge in [-0.05, 0) is 49.4 Å². The van der Waals surface area contributed by atoms with Crippen LogP contribution in [0.3, 0.4) is 0 Å². The standard InChI is InChI=1S/C28H20ClNO4/c1-18-7-14-23(15-8-18)34-25-16-13-22(29)17-24(25)30-28(33)21-11-9-20(10-12-21)27(32)26(31)19-5-3-2-4-6-19/h2-17H,1H3,(H,30,33). The van der Waals surface area contributed by atoms with Crippen LogP contribution in [0, 0.1) is 6.92 Å². The lowest BCUT2D eigenvalue weighted by Gasteiger charge is -2.13. The van der Waals surface area contributed by atoms with Gasteiger partial charge in [-0.3, -0.25) is 14.4 Å². The number of halogens is 1. The molecule has 0 aliphatic carbocycles. The van der Waals surface area contributed by atoms with Gasteiger partial charge < -0.3 is 10.1 Å². The van der Waals surface area contributed by atoms with Gasteiger partial charge in [-0.25, -0.2) is 0 Å². The minimum absolute atomic E-state index is 0.205. The fourth-order valence-corrected chi connectivity index (χ4v) is 3.41. The summed E-state index contributed by atoms with van der Waals surface area (Å²) in [7, 11) is 0. The zero-order valence-corrected chi connectivity index (χ0v) is 19.0. The predicted molar refractivity (Wildman–Crippen MR) is 132 cm³/mol. The number of ketones is 2. The molecule has 0 saturated heterocycles. The van der Waals surface area contributed by atoms with Crippen molar-refractivity contribution in [2.75, 3.05) is 5.32 Å². The number of amides is 1. The molecule has 168 valence electrons. The van der Waals surface area contributed by atoms with E-state index in [1.807, 2.05) is 31.2 Å². The maximum atomic E-state index is 12.8. The molecule has 4 aromatic carbocycles. The number of aryl methyl sites for hydroxylation is 1. The van der Waals surface area contributed by atoms with Crippen LogP contribution in [0.1, 0.15) is 36.6 Å². The maximum Gasteiger partial charge on any atom is 0.255 e. The highest BCUT2D eigenvalue weighted by atomic mass is 35.5. The zero-order valence-electron chi connectivity index (χ0n) is 18.2. The smallest absolute Gasteiger partial charge is 0.255 e. The molecule has 0 unspecified atom stereocenters. The van der Waals surface area contributed by atoms with Crippen molar-refractivity contribution >= 4 is 34.8 Å². The molecule has 0 aromatic heterocycles. The second kappa shape index (κ2) is 10.1. The van der Waals surface area contributed by atoms with E-state index in [-0.39, 0.29) is 5.56 Å². The summed E-state index contributed by atoms with van der Waals surface area (Å²) in [5.74, 6) is -0.600.